The van der Waals surface area contributed by atoms with E-state index in [0.717, 1.165) is 71.3 Å². The SMILES string of the molecule is CCO/C(=C(/C1CCCCC1)N(C)C1CCC(N2CCOCC2)CC1)C1CCC(N2CCOCC2)CC1. The third kappa shape index (κ3) is 7.04. The van der Waals surface area contributed by atoms with Crippen LogP contribution in [-0.4, -0.2) is 99.1 Å². The summed E-state index contributed by atoms with van der Waals surface area (Å²) < 4.78 is 17.9. The minimum Gasteiger partial charge on any atom is -0.496 e. The van der Waals surface area contributed by atoms with Gasteiger partial charge in [0.2, 0.25) is 0 Å². The van der Waals surface area contributed by atoms with Gasteiger partial charge in [-0.3, -0.25) is 9.80 Å². The molecule has 0 N–H and O–H groups in total. The summed E-state index contributed by atoms with van der Waals surface area (Å²) in [5, 5.41) is 0. The first-order valence-electron chi connectivity index (χ1n) is 16.0. The van der Waals surface area contributed by atoms with Crippen LogP contribution in [0.2, 0.25) is 0 Å². The lowest BCUT2D eigenvalue weighted by molar-refractivity contribution is 0.00111. The molecule has 0 atom stereocenters. The number of allylic oxidation sites excluding steroid dienone is 2. The quantitative estimate of drug-likeness (QED) is 0.408. The number of nitrogens with zero attached hydrogens (tertiary/aromatic N) is 3. The molecule has 2 heterocycles. The Labute approximate surface area is 227 Å². The molecule has 0 radical (unpaired) electrons. The van der Waals surface area contributed by atoms with E-state index in [1.807, 2.05) is 0 Å². The van der Waals surface area contributed by atoms with Crippen LogP contribution in [0.15, 0.2) is 11.5 Å². The van der Waals surface area contributed by atoms with Gasteiger partial charge in [0.25, 0.3) is 0 Å². The van der Waals surface area contributed by atoms with Gasteiger partial charge in [-0.1, -0.05) is 19.3 Å². The van der Waals surface area contributed by atoms with E-state index in [2.05, 4.69) is 28.7 Å². The number of morpholine rings is 2. The maximum absolute atomic E-state index is 6.69. The molecule has 0 amide bonds. The van der Waals surface area contributed by atoms with Crippen LogP contribution in [0.4, 0.5) is 0 Å². The van der Waals surface area contributed by atoms with Gasteiger partial charge in [-0.05, 0) is 71.1 Å². The first kappa shape index (κ1) is 27.7. The molecule has 2 saturated heterocycles. The minimum absolute atomic E-state index is 0.598. The largest absolute Gasteiger partial charge is 0.496 e. The Hall–Kier alpha value is -0.820. The van der Waals surface area contributed by atoms with Crippen molar-refractivity contribution in [2.75, 3.05) is 66.3 Å². The predicted molar refractivity (Wildman–Crippen MR) is 150 cm³/mol. The van der Waals surface area contributed by atoms with Gasteiger partial charge in [0.15, 0.2) is 0 Å². The average Bonchev–Trinajstić information content (AvgIpc) is 2.98. The Morgan fingerprint density at radius 3 is 1.70 bits per heavy atom. The Morgan fingerprint density at radius 1 is 0.676 bits per heavy atom. The first-order valence-corrected chi connectivity index (χ1v) is 16.0. The zero-order valence-electron chi connectivity index (χ0n) is 24.0. The Morgan fingerprint density at radius 2 is 1.19 bits per heavy atom. The molecule has 5 rings (SSSR count). The fourth-order valence-corrected chi connectivity index (χ4v) is 8.19. The topological polar surface area (TPSA) is 37.4 Å². The van der Waals surface area contributed by atoms with Gasteiger partial charge >= 0.3 is 0 Å². The summed E-state index contributed by atoms with van der Waals surface area (Å²) in [4.78, 5) is 8.16. The monoisotopic (exact) mass is 517 g/mol. The lowest BCUT2D eigenvalue weighted by Crippen LogP contribution is -2.48. The Balaban J connectivity index is 1.29. The van der Waals surface area contributed by atoms with Crippen molar-refractivity contribution in [2.24, 2.45) is 11.8 Å². The molecular formula is C31H55N3O3. The van der Waals surface area contributed by atoms with Gasteiger partial charge < -0.3 is 19.1 Å². The standard InChI is InChI=1S/C31H55N3O3/c1-3-37-31(26-9-11-28(12-10-26)33-17-21-35-22-18-33)30(25-7-5-4-6-8-25)32(2)27-13-15-29(16-14-27)34-19-23-36-24-20-34/h25-29H,3-24H2,1-2H3/b31-30-. The minimum atomic E-state index is 0.598. The Kier molecular flexibility index (Phi) is 10.5. The zero-order chi connectivity index (χ0) is 25.5. The van der Waals surface area contributed by atoms with Crippen LogP contribution in [0.5, 0.6) is 0 Å². The molecule has 0 unspecified atom stereocenters. The molecule has 5 fully saturated rings. The van der Waals surface area contributed by atoms with Gasteiger partial charge in [0.1, 0.15) is 5.76 Å². The van der Waals surface area contributed by atoms with E-state index in [-0.39, 0.29) is 0 Å². The van der Waals surface area contributed by atoms with E-state index in [1.54, 1.807) is 5.70 Å². The second kappa shape index (κ2) is 14.0. The highest BCUT2D eigenvalue weighted by atomic mass is 16.5. The number of hydrogen-bond acceptors (Lipinski definition) is 6. The summed E-state index contributed by atoms with van der Waals surface area (Å²) in [6.07, 6.45) is 17.4. The van der Waals surface area contributed by atoms with E-state index in [9.17, 15) is 0 Å². The molecule has 3 saturated carbocycles. The molecule has 2 aliphatic heterocycles. The predicted octanol–water partition coefficient (Wildman–Crippen LogP) is 5.28. The third-order valence-electron chi connectivity index (χ3n) is 10.3. The second-order valence-corrected chi connectivity index (χ2v) is 12.4. The van der Waals surface area contributed by atoms with Crippen molar-refractivity contribution in [3.63, 3.8) is 0 Å². The van der Waals surface area contributed by atoms with E-state index in [4.69, 9.17) is 14.2 Å². The lowest BCUT2D eigenvalue weighted by Gasteiger charge is -2.45. The van der Waals surface area contributed by atoms with Crippen LogP contribution >= 0.6 is 0 Å². The van der Waals surface area contributed by atoms with Crippen LogP contribution < -0.4 is 0 Å². The first-order chi connectivity index (χ1) is 18.2. The highest BCUT2D eigenvalue weighted by Crippen LogP contribution is 2.42. The van der Waals surface area contributed by atoms with Crippen molar-refractivity contribution in [1.29, 1.82) is 0 Å². The van der Waals surface area contributed by atoms with E-state index in [0.29, 0.717) is 17.9 Å². The van der Waals surface area contributed by atoms with Gasteiger partial charge in [0, 0.05) is 63.2 Å². The molecular weight excluding hydrogens is 462 g/mol. The fourth-order valence-electron chi connectivity index (χ4n) is 8.19. The summed E-state index contributed by atoms with van der Waals surface area (Å²) in [5.74, 6) is 2.68. The molecule has 5 aliphatic rings. The van der Waals surface area contributed by atoms with E-state index < -0.39 is 0 Å². The van der Waals surface area contributed by atoms with Gasteiger partial charge in [-0.25, -0.2) is 0 Å². The number of hydrogen-bond donors (Lipinski definition) is 0. The number of rotatable bonds is 8. The van der Waals surface area contributed by atoms with Crippen LogP contribution in [0.25, 0.3) is 0 Å². The molecule has 212 valence electrons. The van der Waals surface area contributed by atoms with Crippen molar-refractivity contribution in [1.82, 2.24) is 14.7 Å². The van der Waals surface area contributed by atoms with Crippen LogP contribution in [0, 0.1) is 11.8 Å². The van der Waals surface area contributed by atoms with Crippen LogP contribution in [0.1, 0.15) is 90.4 Å². The van der Waals surface area contributed by atoms with Crippen LogP contribution in [-0.2, 0) is 14.2 Å². The Bertz CT molecular complexity index is 696. The van der Waals surface area contributed by atoms with Gasteiger partial charge in [-0.15, -0.1) is 0 Å². The summed E-state index contributed by atoms with van der Waals surface area (Å²) in [7, 11) is 2.43. The molecule has 6 heteroatoms. The van der Waals surface area contributed by atoms with Crippen molar-refractivity contribution >= 4 is 0 Å². The lowest BCUT2D eigenvalue weighted by atomic mass is 9.79. The zero-order valence-corrected chi connectivity index (χ0v) is 24.0. The normalized spacial score (nSPS) is 34.1. The maximum Gasteiger partial charge on any atom is 0.118 e. The molecule has 37 heavy (non-hydrogen) atoms. The summed E-state index contributed by atoms with van der Waals surface area (Å²) in [5.41, 5.74) is 1.62. The van der Waals surface area contributed by atoms with Crippen LogP contribution in [0.3, 0.4) is 0 Å². The third-order valence-corrected chi connectivity index (χ3v) is 10.3. The van der Waals surface area contributed by atoms with Crippen molar-refractivity contribution in [2.45, 2.75) is 109 Å². The van der Waals surface area contributed by atoms with E-state index >= 15 is 0 Å². The average molecular weight is 518 g/mol. The second-order valence-electron chi connectivity index (χ2n) is 12.4. The van der Waals surface area contributed by atoms with Gasteiger partial charge in [-0.2, -0.15) is 0 Å². The van der Waals surface area contributed by atoms with Crippen molar-refractivity contribution < 1.29 is 14.2 Å². The summed E-state index contributed by atoms with van der Waals surface area (Å²) in [6.45, 7) is 11.1. The highest BCUT2D eigenvalue weighted by molar-refractivity contribution is 5.17. The molecule has 0 aromatic heterocycles. The summed E-state index contributed by atoms with van der Waals surface area (Å²) in [6, 6.07) is 2.17. The maximum atomic E-state index is 6.69. The molecule has 3 aliphatic carbocycles. The molecule has 0 aromatic carbocycles. The smallest absolute Gasteiger partial charge is 0.118 e. The van der Waals surface area contributed by atoms with Crippen molar-refractivity contribution in [3.05, 3.63) is 11.5 Å². The molecule has 6 nitrogen and oxygen atoms in total. The fraction of sp³-hybridized carbons (Fsp3) is 0.935. The van der Waals surface area contributed by atoms with Crippen molar-refractivity contribution in [3.8, 4) is 0 Å². The highest BCUT2D eigenvalue weighted by Gasteiger charge is 2.36. The van der Waals surface area contributed by atoms with Gasteiger partial charge in [0.05, 0.1) is 38.7 Å². The van der Waals surface area contributed by atoms with E-state index in [1.165, 1.54) is 89.2 Å². The molecule has 0 aromatic rings. The molecule has 0 spiro atoms. The molecule has 0 bridgehead atoms. The summed E-state index contributed by atoms with van der Waals surface area (Å²) >= 11 is 0. The number of ether oxygens (including phenoxy) is 3.